The Bertz CT molecular complexity index is 78.5. The predicted molar refractivity (Wildman–Crippen MR) is 52.2 cm³/mol. The van der Waals surface area contributed by atoms with Crippen molar-refractivity contribution in [2.45, 2.75) is 25.9 Å². The molecule has 0 aromatic carbocycles. The second-order valence-electron chi connectivity index (χ2n) is 2.73. The van der Waals surface area contributed by atoms with Crippen molar-refractivity contribution in [1.29, 1.82) is 0 Å². The van der Waals surface area contributed by atoms with Gasteiger partial charge in [-0.25, -0.2) is 0 Å². The normalized spacial score (nSPS) is 13.4. The number of aliphatic hydroxyl groups excluding tert-OH is 1. The van der Waals surface area contributed by atoms with Crippen LogP contribution in [0.4, 0.5) is 0 Å². The lowest BCUT2D eigenvalue weighted by atomic mass is 10.2. The van der Waals surface area contributed by atoms with E-state index in [0.29, 0.717) is 0 Å². The van der Waals surface area contributed by atoms with Crippen molar-refractivity contribution in [3.8, 4) is 0 Å². The van der Waals surface area contributed by atoms with Crippen LogP contribution in [0.25, 0.3) is 0 Å². The zero-order valence-electron chi connectivity index (χ0n) is 7.47. The Hall–Kier alpha value is 0.270. The second kappa shape index (κ2) is 8.37. The van der Waals surface area contributed by atoms with E-state index >= 15 is 0 Å². The molecule has 0 heterocycles. The van der Waals surface area contributed by atoms with E-state index in [1.807, 2.05) is 18.7 Å². The molecule has 2 nitrogen and oxygen atoms in total. The molecule has 0 saturated heterocycles. The van der Waals surface area contributed by atoms with Gasteiger partial charge in [-0.2, -0.15) is 11.8 Å². The van der Waals surface area contributed by atoms with E-state index in [1.165, 1.54) is 5.75 Å². The van der Waals surface area contributed by atoms with Gasteiger partial charge in [0.2, 0.25) is 0 Å². The topological polar surface area (TPSA) is 32.3 Å². The fraction of sp³-hybridized carbons (Fsp3) is 1.00. The third-order valence-corrected chi connectivity index (χ3v) is 2.07. The van der Waals surface area contributed by atoms with Crippen LogP contribution >= 0.6 is 11.8 Å². The van der Waals surface area contributed by atoms with E-state index in [0.717, 1.165) is 25.9 Å². The van der Waals surface area contributed by atoms with Crippen LogP contribution in [-0.2, 0) is 0 Å². The first-order valence-corrected chi connectivity index (χ1v) is 5.54. The van der Waals surface area contributed by atoms with Crippen molar-refractivity contribution in [3.05, 3.63) is 0 Å². The van der Waals surface area contributed by atoms with E-state index in [9.17, 15) is 0 Å². The molecule has 0 rings (SSSR count). The van der Waals surface area contributed by atoms with Crippen molar-refractivity contribution in [1.82, 2.24) is 5.32 Å². The molecule has 0 aliphatic rings. The van der Waals surface area contributed by atoms with E-state index < -0.39 is 0 Å². The van der Waals surface area contributed by atoms with Crippen molar-refractivity contribution in [2.24, 2.45) is 0 Å². The van der Waals surface area contributed by atoms with Gasteiger partial charge >= 0.3 is 0 Å². The minimum absolute atomic E-state index is 0.141. The largest absolute Gasteiger partial charge is 0.393 e. The summed E-state index contributed by atoms with van der Waals surface area (Å²) in [7, 11) is 0. The standard InChI is InChI=1S/C8H19NOS/c1-8(10)4-3-5-9-6-7-11-2/h8-10H,3-7H2,1-2H3. The Kier molecular flexibility index (Phi) is 8.57. The van der Waals surface area contributed by atoms with Crippen LogP contribution < -0.4 is 5.32 Å². The van der Waals surface area contributed by atoms with E-state index in [-0.39, 0.29) is 6.10 Å². The fourth-order valence-corrected chi connectivity index (χ4v) is 1.17. The lowest BCUT2D eigenvalue weighted by molar-refractivity contribution is 0.181. The average molecular weight is 177 g/mol. The third kappa shape index (κ3) is 10.3. The lowest BCUT2D eigenvalue weighted by Crippen LogP contribution is -2.19. The summed E-state index contributed by atoms with van der Waals surface area (Å²) in [5, 5.41) is 12.2. The SMILES string of the molecule is CSCCNCCCC(C)O. The summed E-state index contributed by atoms with van der Waals surface area (Å²) in [6.45, 7) is 3.95. The highest BCUT2D eigenvalue weighted by Gasteiger charge is 1.93. The average Bonchev–Trinajstić information content (AvgIpc) is 1.96. The summed E-state index contributed by atoms with van der Waals surface area (Å²) >= 11 is 1.85. The number of rotatable bonds is 7. The van der Waals surface area contributed by atoms with Gasteiger partial charge in [0.05, 0.1) is 6.10 Å². The highest BCUT2D eigenvalue weighted by atomic mass is 32.2. The van der Waals surface area contributed by atoms with Gasteiger partial charge in [-0.1, -0.05) is 0 Å². The third-order valence-electron chi connectivity index (χ3n) is 1.46. The maximum Gasteiger partial charge on any atom is 0.0512 e. The van der Waals surface area contributed by atoms with Crippen LogP contribution in [0.5, 0.6) is 0 Å². The first-order valence-electron chi connectivity index (χ1n) is 4.15. The lowest BCUT2D eigenvalue weighted by Gasteiger charge is -2.04. The molecule has 3 heteroatoms. The summed E-state index contributed by atoms with van der Waals surface area (Å²) in [6, 6.07) is 0. The summed E-state index contributed by atoms with van der Waals surface area (Å²) in [5.41, 5.74) is 0. The molecule has 0 bridgehead atoms. The van der Waals surface area contributed by atoms with Gasteiger partial charge in [0, 0.05) is 12.3 Å². The van der Waals surface area contributed by atoms with Gasteiger partial charge < -0.3 is 10.4 Å². The van der Waals surface area contributed by atoms with Gasteiger partial charge in [0.25, 0.3) is 0 Å². The van der Waals surface area contributed by atoms with Crippen LogP contribution in [-0.4, -0.2) is 36.3 Å². The number of thioether (sulfide) groups is 1. The molecule has 68 valence electrons. The molecule has 0 spiro atoms. The molecule has 1 unspecified atom stereocenters. The maximum absolute atomic E-state index is 8.92. The molecule has 0 aliphatic heterocycles. The number of hydrogen-bond donors (Lipinski definition) is 2. The number of nitrogens with one attached hydrogen (secondary N) is 1. The molecule has 0 fully saturated rings. The minimum Gasteiger partial charge on any atom is -0.393 e. The summed E-state index contributed by atoms with van der Waals surface area (Å²) < 4.78 is 0. The van der Waals surface area contributed by atoms with Crippen LogP contribution in [0.2, 0.25) is 0 Å². The first-order chi connectivity index (χ1) is 5.27. The molecule has 1 atom stereocenters. The summed E-state index contributed by atoms with van der Waals surface area (Å²) in [4.78, 5) is 0. The van der Waals surface area contributed by atoms with Crippen molar-refractivity contribution >= 4 is 11.8 Å². The molecule has 0 aromatic heterocycles. The Morgan fingerprint density at radius 2 is 2.18 bits per heavy atom. The van der Waals surface area contributed by atoms with E-state index in [4.69, 9.17) is 5.11 Å². The summed E-state index contributed by atoms with van der Waals surface area (Å²) in [5.74, 6) is 1.18. The summed E-state index contributed by atoms with van der Waals surface area (Å²) in [6.07, 6.45) is 3.95. The van der Waals surface area contributed by atoms with Crippen molar-refractivity contribution in [2.75, 3.05) is 25.1 Å². The van der Waals surface area contributed by atoms with Crippen LogP contribution in [0.1, 0.15) is 19.8 Å². The molecule has 11 heavy (non-hydrogen) atoms. The molecule has 0 amide bonds. The quantitative estimate of drug-likeness (QED) is 0.571. The monoisotopic (exact) mass is 177 g/mol. The van der Waals surface area contributed by atoms with Gasteiger partial charge in [-0.3, -0.25) is 0 Å². The van der Waals surface area contributed by atoms with E-state index in [1.54, 1.807) is 0 Å². The Morgan fingerprint density at radius 3 is 2.73 bits per heavy atom. The Labute approximate surface area is 73.8 Å². The zero-order valence-corrected chi connectivity index (χ0v) is 8.28. The predicted octanol–water partition coefficient (Wildman–Crippen LogP) is 1.10. The molecule has 0 aromatic rings. The maximum atomic E-state index is 8.92. The molecular weight excluding hydrogens is 158 g/mol. The second-order valence-corrected chi connectivity index (χ2v) is 3.72. The molecular formula is C8H19NOS. The molecule has 0 aliphatic carbocycles. The van der Waals surface area contributed by atoms with Gasteiger partial charge in [-0.05, 0) is 32.6 Å². The van der Waals surface area contributed by atoms with Crippen LogP contribution in [0.3, 0.4) is 0 Å². The van der Waals surface area contributed by atoms with Crippen molar-refractivity contribution < 1.29 is 5.11 Å². The highest BCUT2D eigenvalue weighted by Crippen LogP contribution is 1.93. The smallest absolute Gasteiger partial charge is 0.0512 e. The van der Waals surface area contributed by atoms with Gasteiger partial charge in [-0.15, -0.1) is 0 Å². The fourth-order valence-electron chi connectivity index (χ4n) is 0.822. The Morgan fingerprint density at radius 1 is 1.45 bits per heavy atom. The van der Waals surface area contributed by atoms with E-state index in [2.05, 4.69) is 11.6 Å². The number of aliphatic hydroxyl groups is 1. The van der Waals surface area contributed by atoms with Gasteiger partial charge in [0.1, 0.15) is 0 Å². The zero-order chi connectivity index (χ0) is 8.53. The Balaban J connectivity index is 2.80. The van der Waals surface area contributed by atoms with Gasteiger partial charge in [0.15, 0.2) is 0 Å². The molecule has 0 radical (unpaired) electrons. The van der Waals surface area contributed by atoms with Crippen molar-refractivity contribution in [3.63, 3.8) is 0 Å². The minimum atomic E-state index is -0.141. The molecule has 2 N–H and O–H groups in total. The van der Waals surface area contributed by atoms with Crippen LogP contribution in [0, 0.1) is 0 Å². The molecule has 0 saturated carbocycles. The highest BCUT2D eigenvalue weighted by molar-refractivity contribution is 7.98. The number of hydrogen-bond acceptors (Lipinski definition) is 3. The van der Waals surface area contributed by atoms with Crippen LogP contribution in [0.15, 0.2) is 0 Å². The first kappa shape index (κ1) is 11.3.